The van der Waals surface area contributed by atoms with Gasteiger partial charge >= 0.3 is 5.97 Å². The lowest BCUT2D eigenvalue weighted by Crippen LogP contribution is -2.17. The van der Waals surface area contributed by atoms with E-state index in [0.29, 0.717) is 16.2 Å². The topological polar surface area (TPSA) is 80.6 Å². The molecule has 0 spiro atoms. The third-order valence-electron chi connectivity index (χ3n) is 3.12. The van der Waals surface area contributed by atoms with Gasteiger partial charge in [-0.3, -0.25) is 9.78 Å². The highest BCUT2D eigenvalue weighted by molar-refractivity contribution is 7.12. The number of nitrogens with zero attached hydrogens (tertiary/aromatic N) is 2. The Labute approximate surface area is 147 Å². The van der Waals surface area contributed by atoms with E-state index < -0.39 is 0 Å². The first kappa shape index (κ1) is 16.5. The van der Waals surface area contributed by atoms with Gasteiger partial charge in [0.05, 0.1) is 11.8 Å². The van der Waals surface area contributed by atoms with E-state index >= 15 is 0 Å². The predicted octanol–water partition coefficient (Wildman–Crippen LogP) is 3.13. The molecule has 0 unspecified atom stereocenters. The van der Waals surface area contributed by atoms with Gasteiger partial charge in [-0.05, 0) is 53.4 Å². The van der Waals surface area contributed by atoms with Gasteiger partial charge in [0.1, 0.15) is 10.6 Å². The van der Waals surface area contributed by atoms with Crippen LogP contribution >= 0.6 is 11.3 Å². The molecule has 0 aliphatic carbocycles. The number of aromatic nitrogens is 1. The van der Waals surface area contributed by atoms with Crippen LogP contribution in [0.4, 0.5) is 0 Å². The molecule has 1 N–H and O–H groups in total. The number of hydrogen-bond acceptors (Lipinski definition) is 6. The largest absolute Gasteiger partial charge is 0.422 e. The Kier molecular flexibility index (Phi) is 5.28. The van der Waals surface area contributed by atoms with Crippen LogP contribution in [0.2, 0.25) is 0 Å². The highest BCUT2D eigenvalue weighted by atomic mass is 32.1. The fraction of sp³-hybridized carbons (Fsp3) is 0. The van der Waals surface area contributed by atoms with Gasteiger partial charge in [-0.25, -0.2) is 10.2 Å². The van der Waals surface area contributed by atoms with Crippen molar-refractivity contribution in [2.24, 2.45) is 5.10 Å². The van der Waals surface area contributed by atoms with E-state index in [2.05, 4.69) is 15.5 Å². The molecule has 3 aromatic rings. The minimum absolute atomic E-state index is 0.342. The molecule has 1 aromatic carbocycles. The van der Waals surface area contributed by atoms with Crippen LogP contribution in [0, 0.1) is 0 Å². The molecule has 2 heterocycles. The van der Waals surface area contributed by atoms with Crippen molar-refractivity contribution < 1.29 is 14.3 Å². The maximum Gasteiger partial charge on any atom is 0.353 e. The first-order valence-corrected chi connectivity index (χ1v) is 8.19. The van der Waals surface area contributed by atoms with Crippen LogP contribution in [0.1, 0.15) is 25.6 Å². The number of carbonyl (C=O) groups is 2. The number of hydrazone groups is 1. The molecule has 2 aromatic heterocycles. The van der Waals surface area contributed by atoms with Crippen LogP contribution in [0.3, 0.4) is 0 Å². The molecule has 0 radical (unpaired) electrons. The maximum atomic E-state index is 11.9. The van der Waals surface area contributed by atoms with Crippen molar-refractivity contribution in [2.75, 3.05) is 0 Å². The molecule has 25 heavy (non-hydrogen) atoms. The van der Waals surface area contributed by atoms with Crippen molar-refractivity contribution in [3.05, 3.63) is 82.3 Å². The third kappa shape index (κ3) is 4.58. The number of thiophene rings is 1. The number of carbonyl (C=O) groups excluding carboxylic acids is 2. The molecular weight excluding hydrogens is 338 g/mol. The van der Waals surface area contributed by atoms with Gasteiger partial charge in [0.15, 0.2) is 0 Å². The Morgan fingerprint density at radius 1 is 1.12 bits per heavy atom. The van der Waals surface area contributed by atoms with Gasteiger partial charge in [0.25, 0.3) is 5.91 Å². The van der Waals surface area contributed by atoms with Gasteiger partial charge in [-0.2, -0.15) is 5.10 Å². The van der Waals surface area contributed by atoms with Crippen LogP contribution in [0.25, 0.3) is 0 Å². The molecule has 0 atom stereocenters. The average molecular weight is 351 g/mol. The van der Waals surface area contributed by atoms with Crippen LogP contribution in [-0.4, -0.2) is 23.1 Å². The molecule has 7 heteroatoms. The van der Waals surface area contributed by atoms with Crippen molar-refractivity contribution in [3.8, 4) is 5.75 Å². The van der Waals surface area contributed by atoms with Crippen LogP contribution in [-0.2, 0) is 0 Å². The van der Waals surface area contributed by atoms with Crippen LogP contribution < -0.4 is 10.2 Å². The summed E-state index contributed by atoms with van der Waals surface area (Å²) in [6.07, 6.45) is 4.55. The minimum atomic E-state index is -0.389. The number of nitrogens with one attached hydrogen (secondary N) is 1. The number of amides is 1. The first-order valence-electron chi connectivity index (χ1n) is 7.31. The van der Waals surface area contributed by atoms with E-state index in [1.165, 1.54) is 23.7 Å². The minimum Gasteiger partial charge on any atom is -0.422 e. The van der Waals surface area contributed by atoms with Gasteiger partial charge in [-0.15, -0.1) is 11.3 Å². The van der Waals surface area contributed by atoms with Crippen molar-refractivity contribution in [2.45, 2.75) is 0 Å². The monoisotopic (exact) mass is 351 g/mol. The van der Waals surface area contributed by atoms with E-state index in [4.69, 9.17) is 4.74 Å². The Morgan fingerprint density at radius 3 is 2.64 bits per heavy atom. The molecule has 1 amide bonds. The maximum absolute atomic E-state index is 11.9. The fourth-order valence-corrected chi connectivity index (χ4v) is 2.50. The van der Waals surface area contributed by atoms with Crippen molar-refractivity contribution in [3.63, 3.8) is 0 Å². The molecule has 0 fully saturated rings. The molecule has 0 saturated heterocycles. The smallest absolute Gasteiger partial charge is 0.353 e. The van der Waals surface area contributed by atoms with E-state index in [9.17, 15) is 9.59 Å². The summed E-state index contributed by atoms with van der Waals surface area (Å²) in [4.78, 5) is 28.1. The normalized spacial score (nSPS) is 10.6. The lowest BCUT2D eigenvalue weighted by molar-refractivity contribution is 0.0739. The summed E-state index contributed by atoms with van der Waals surface area (Å²) in [7, 11) is 0. The standard InChI is InChI=1S/C18H13N3O3S/c22-17(14-3-1-9-19-12-14)21-20-11-13-5-7-15(8-6-13)24-18(23)16-4-2-10-25-16/h1-12H,(H,21,22). The molecule has 0 bridgehead atoms. The molecule has 0 aliphatic heterocycles. The van der Waals surface area contributed by atoms with Crippen molar-refractivity contribution >= 4 is 29.4 Å². The summed E-state index contributed by atoms with van der Waals surface area (Å²) >= 11 is 1.33. The first-order chi connectivity index (χ1) is 12.2. The quantitative estimate of drug-likeness (QED) is 0.331. The van der Waals surface area contributed by atoms with E-state index in [0.717, 1.165) is 5.56 Å². The predicted molar refractivity (Wildman–Crippen MR) is 95.0 cm³/mol. The summed E-state index contributed by atoms with van der Waals surface area (Å²) in [6.45, 7) is 0. The van der Waals surface area contributed by atoms with E-state index in [-0.39, 0.29) is 11.9 Å². The summed E-state index contributed by atoms with van der Waals surface area (Å²) in [5, 5.41) is 5.71. The fourth-order valence-electron chi connectivity index (χ4n) is 1.90. The lowest BCUT2D eigenvalue weighted by Gasteiger charge is -2.03. The summed E-state index contributed by atoms with van der Waals surface area (Å²) < 4.78 is 5.26. The third-order valence-corrected chi connectivity index (χ3v) is 3.97. The second kappa shape index (κ2) is 7.98. The molecular formula is C18H13N3O3S. The summed E-state index contributed by atoms with van der Waals surface area (Å²) in [5.74, 6) is -0.291. The molecule has 6 nitrogen and oxygen atoms in total. The van der Waals surface area contributed by atoms with Crippen molar-refractivity contribution in [1.82, 2.24) is 10.4 Å². The zero-order chi connectivity index (χ0) is 17.5. The van der Waals surface area contributed by atoms with Crippen LogP contribution in [0.15, 0.2) is 71.4 Å². The lowest BCUT2D eigenvalue weighted by atomic mass is 10.2. The molecule has 0 aliphatic rings. The average Bonchev–Trinajstić information content (AvgIpc) is 3.19. The highest BCUT2D eigenvalue weighted by Gasteiger charge is 2.09. The Morgan fingerprint density at radius 2 is 1.96 bits per heavy atom. The summed E-state index contributed by atoms with van der Waals surface area (Å²) in [6, 6.07) is 13.6. The number of hydrogen-bond donors (Lipinski definition) is 1. The number of pyridine rings is 1. The van der Waals surface area contributed by atoms with Crippen LogP contribution in [0.5, 0.6) is 5.75 Å². The Balaban J connectivity index is 1.55. The number of benzene rings is 1. The van der Waals surface area contributed by atoms with E-state index in [1.807, 2.05) is 5.38 Å². The Hall–Kier alpha value is -3.32. The van der Waals surface area contributed by atoms with E-state index in [1.54, 1.807) is 54.7 Å². The highest BCUT2D eigenvalue weighted by Crippen LogP contribution is 2.16. The second-order valence-electron chi connectivity index (χ2n) is 4.88. The van der Waals surface area contributed by atoms with Gasteiger partial charge < -0.3 is 4.74 Å². The zero-order valence-electron chi connectivity index (χ0n) is 13.0. The molecule has 124 valence electrons. The number of esters is 1. The SMILES string of the molecule is O=C(NN=Cc1ccc(OC(=O)c2cccs2)cc1)c1cccnc1. The van der Waals surface area contributed by atoms with Gasteiger partial charge in [0, 0.05) is 12.4 Å². The van der Waals surface area contributed by atoms with Gasteiger partial charge in [0.2, 0.25) is 0 Å². The summed E-state index contributed by atoms with van der Waals surface area (Å²) in [5.41, 5.74) is 3.60. The van der Waals surface area contributed by atoms with Gasteiger partial charge in [-0.1, -0.05) is 6.07 Å². The molecule has 3 rings (SSSR count). The Bertz CT molecular complexity index is 876. The molecule has 0 saturated carbocycles. The second-order valence-corrected chi connectivity index (χ2v) is 5.82. The van der Waals surface area contributed by atoms with Crippen molar-refractivity contribution in [1.29, 1.82) is 0 Å². The number of rotatable bonds is 5. The zero-order valence-corrected chi connectivity index (χ0v) is 13.8. The number of ether oxygens (including phenoxy) is 1.